The lowest BCUT2D eigenvalue weighted by Gasteiger charge is -2.05. The molecule has 5 nitrogen and oxygen atoms in total. The van der Waals surface area contributed by atoms with Gasteiger partial charge in [-0.25, -0.2) is 5.48 Å². The number of furan rings is 1. The summed E-state index contributed by atoms with van der Waals surface area (Å²) >= 11 is 0. The number of hydrogen-bond donors (Lipinski definition) is 3. The van der Waals surface area contributed by atoms with Gasteiger partial charge in [-0.3, -0.25) is 10.0 Å². The summed E-state index contributed by atoms with van der Waals surface area (Å²) in [6, 6.07) is 16.0. The molecule has 0 saturated heterocycles. The van der Waals surface area contributed by atoms with Crippen molar-refractivity contribution in [2.45, 2.75) is 13.0 Å². The number of amides is 1. The molecule has 1 heterocycles. The van der Waals surface area contributed by atoms with Gasteiger partial charge < -0.3 is 9.73 Å². The highest BCUT2D eigenvalue weighted by molar-refractivity contribution is 5.90. The van der Waals surface area contributed by atoms with Crippen molar-refractivity contribution in [1.82, 2.24) is 10.8 Å². The predicted molar refractivity (Wildman–Crippen MR) is 97.0 cm³/mol. The van der Waals surface area contributed by atoms with Crippen LogP contribution in [0.4, 0.5) is 0 Å². The van der Waals surface area contributed by atoms with Crippen LogP contribution in [-0.2, 0) is 17.8 Å². The molecule has 0 aliphatic rings. The Morgan fingerprint density at radius 1 is 1.12 bits per heavy atom. The van der Waals surface area contributed by atoms with E-state index in [2.05, 4.69) is 17.4 Å². The molecule has 0 aliphatic carbocycles. The van der Waals surface area contributed by atoms with E-state index in [0.717, 1.165) is 41.8 Å². The zero-order chi connectivity index (χ0) is 17.5. The van der Waals surface area contributed by atoms with Gasteiger partial charge in [-0.1, -0.05) is 48.5 Å². The molecule has 1 aromatic heterocycles. The molecule has 1 amide bonds. The van der Waals surface area contributed by atoms with E-state index < -0.39 is 5.91 Å². The van der Waals surface area contributed by atoms with E-state index in [4.69, 9.17) is 9.62 Å². The van der Waals surface area contributed by atoms with Crippen molar-refractivity contribution in [1.29, 1.82) is 0 Å². The average Bonchev–Trinajstić information content (AvgIpc) is 3.07. The van der Waals surface area contributed by atoms with Crippen LogP contribution in [0.25, 0.3) is 16.8 Å². The molecule has 0 spiro atoms. The van der Waals surface area contributed by atoms with E-state index >= 15 is 0 Å². The molecule has 0 saturated carbocycles. The quantitative estimate of drug-likeness (QED) is 0.268. The van der Waals surface area contributed by atoms with Crippen LogP contribution in [0.2, 0.25) is 0 Å². The fourth-order valence-corrected chi connectivity index (χ4v) is 2.64. The highest BCUT2D eigenvalue weighted by Gasteiger charge is 2.04. The van der Waals surface area contributed by atoms with Crippen LogP contribution in [0.5, 0.6) is 0 Å². The van der Waals surface area contributed by atoms with Gasteiger partial charge in [0.25, 0.3) is 5.91 Å². The molecular formula is C20H20N2O3. The van der Waals surface area contributed by atoms with Crippen LogP contribution < -0.4 is 10.8 Å². The Balaban J connectivity index is 1.47. The van der Waals surface area contributed by atoms with Crippen molar-refractivity contribution in [3.8, 4) is 0 Å². The second kappa shape index (κ2) is 8.28. The fraction of sp³-hybridized carbons (Fsp3) is 0.150. The molecule has 0 radical (unpaired) electrons. The van der Waals surface area contributed by atoms with Crippen LogP contribution in [0.15, 0.2) is 65.3 Å². The Hall–Kier alpha value is -2.89. The van der Waals surface area contributed by atoms with Gasteiger partial charge in [0.05, 0.1) is 6.26 Å². The van der Waals surface area contributed by atoms with Gasteiger partial charge in [0.15, 0.2) is 0 Å². The molecule has 5 heteroatoms. The van der Waals surface area contributed by atoms with Gasteiger partial charge >= 0.3 is 0 Å². The van der Waals surface area contributed by atoms with Crippen LogP contribution in [-0.4, -0.2) is 17.7 Å². The minimum Gasteiger partial charge on any atom is -0.468 e. The third kappa shape index (κ3) is 4.56. The van der Waals surface area contributed by atoms with Crippen molar-refractivity contribution in [2.24, 2.45) is 0 Å². The van der Waals surface area contributed by atoms with Gasteiger partial charge in [0.1, 0.15) is 5.76 Å². The van der Waals surface area contributed by atoms with Gasteiger partial charge in [-0.2, -0.15) is 0 Å². The normalized spacial score (nSPS) is 11.2. The molecular weight excluding hydrogens is 316 g/mol. The Morgan fingerprint density at radius 2 is 1.92 bits per heavy atom. The number of rotatable bonds is 7. The Labute approximate surface area is 145 Å². The molecule has 0 aliphatic heterocycles. The zero-order valence-electron chi connectivity index (χ0n) is 13.7. The van der Waals surface area contributed by atoms with Gasteiger partial charge in [0, 0.05) is 36.4 Å². The first kappa shape index (κ1) is 17.0. The van der Waals surface area contributed by atoms with Gasteiger partial charge in [-0.05, 0) is 17.2 Å². The maximum Gasteiger partial charge on any atom is 0.267 e. The molecule has 3 rings (SSSR count). The number of carbonyl (C=O) groups excluding carboxylic acids is 1. The predicted octanol–water partition coefficient (Wildman–Crippen LogP) is 3.28. The topological polar surface area (TPSA) is 74.5 Å². The summed E-state index contributed by atoms with van der Waals surface area (Å²) in [7, 11) is 0. The standard InChI is InChI=1S/C20H20N2O3/c23-20(22-24)10-9-15-5-7-16(8-6-15)13-21-12-11-19-18-4-2-1-3-17(18)14-25-19/h1-10,14,21,24H,11-13H2,(H,22,23)/b10-9+. The third-order valence-electron chi connectivity index (χ3n) is 3.96. The number of nitrogens with one attached hydrogen (secondary N) is 2. The second-order valence-corrected chi connectivity index (χ2v) is 5.72. The molecule has 128 valence electrons. The molecule has 0 bridgehead atoms. The van der Waals surface area contributed by atoms with E-state index in [1.165, 1.54) is 11.5 Å². The lowest BCUT2D eigenvalue weighted by Crippen LogP contribution is -2.16. The van der Waals surface area contributed by atoms with E-state index in [1.54, 1.807) is 17.8 Å². The fourth-order valence-electron chi connectivity index (χ4n) is 2.64. The summed E-state index contributed by atoms with van der Waals surface area (Å²) in [5.74, 6) is 0.460. The van der Waals surface area contributed by atoms with Crippen molar-refractivity contribution >= 4 is 22.8 Å². The second-order valence-electron chi connectivity index (χ2n) is 5.72. The molecule has 25 heavy (non-hydrogen) atoms. The zero-order valence-corrected chi connectivity index (χ0v) is 13.7. The van der Waals surface area contributed by atoms with Crippen molar-refractivity contribution < 1.29 is 14.4 Å². The monoisotopic (exact) mass is 336 g/mol. The van der Waals surface area contributed by atoms with E-state index in [1.807, 2.05) is 36.4 Å². The lowest BCUT2D eigenvalue weighted by atomic mass is 10.1. The van der Waals surface area contributed by atoms with Crippen LogP contribution in [0, 0.1) is 0 Å². The minimum atomic E-state index is -0.545. The van der Waals surface area contributed by atoms with Crippen LogP contribution in [0.3, 0.4) is 0 Å². The molecule has 2 aromatic carbocycles. The van der Waals surface area contributed by atoms with E-state index in [9.17, 15) is 4.79 Å². The third-order valence-corrected chi connectivity index (χ3v) is 3.96. The summed E-state index contributed by atoms with van der Waals surface area (Å²) in [6.45, 7) is 1.59. The van der Waals surface area contributed by atoms with E-state index in [-0.39, 0.29) is 0 Å². The van der Waals surface area contributed by atoms with Gasteiger partial charge in [0.2, 0.25) is 0 Å². The molecule has 0 unspecified atom stereocenters. The van der Waals surface area contributed by atoms with Gasteiger partial charge in [-0.15, -0.1) is 0 Å². The number of hydroxylamine groups is 1. The van der Waals surface area contributed by atoms with Crippen molar-refractivity contribution in [3.05, 3.63) is 77.8 Å². The minimum absolute atomic E-state index is 0.545. The summed E-state index contributed by atoms with van der Waals surface area (Å²) in [6.07, 6.45) is 5.56. The van der Waals surface area contributed by atoms with Crippen LogP contribution in [0.1, 0.15) is 16.9 Å². The number of benzene rings is 2. The van der Waals surface area contributed by atoms with Crippen molar-refractivity contribution in [2.75, 3.05) is 6.54 Å². The SMILES string of the molecule is O=C(/C=C/c1ccc(CNCCc2occ3ccccc23)cc1)NO. The highest BCUT2D eigenvalue weighted by atomic mass is 16.5. The van der Waals surface area contributed by atoms with Crippen LogP contribution >= 0.6 is 0 Å². The maximum atomic E-state index is 10.9. The number of carbonyl (C=O) groups is 1. The van der Waals surface area contributed by atoms with Crippen molar-refractivity contribution in [3.63, 3.8) is 0 Å². The number of fused-ring (bicyclic) bond motifs is 1. The Bertz CT molecular complexity index is 866. The summed E-state index contributed by atoms with van der Waals surface area (Å²) in [5, 5.41) is 14.2. The lowest BCUT2D eigenvalue weighted by molar-refractivity contribution is -0.124. The highest BCUT2D eigenvalue weighted by Crippen LogP contribution is 2.20. The molecule has 3 N–H and O–H groups in total. The molecule has 0 atom stereocenters. The summed E-state index contributed by atoms with van der Waals surface area (Å²) in [4.78, 5) is 10.9. The Morgan fingerprint density at radius 3 is 2.72 bits per heavy atom. The first-order valence-corrected chi connectivity index (χ1v) is 8.13. The first-order valence-electron chi connectivity index (χ1n) is 8.13. The first-order chi connectivity index (χ1) is 12.3. The molecule has 3 aromatic rings. The maximum absolute atomic E-state index is 10.9. The smallest absolute Gasteiger partial charge is 0.267 e. The Kier molecular flexibility index (Phi) is 5.61. The summed E-state index contributed by atoms with van der Waals surface area (Å²) in [5.41, 5.74) is 3.62. The largest absolute Gasteiger partial charge is 0.468 e. The number of hydrogen-bond acceptors (Lipinski definition) is 4. The molecule has 0 fully saturated rings. The van der Waals surface area contributed by atoms with E-state index in [0.29, 0.717) is 0 Å². The summed E-state index contributed by atoms with van der Waals surface area (Å²) < 4.78 is 5.64. The average molecular weight is 336 g/mol.